The zero-order chi connectivity index (χ0) is 14.7. The summed E-state index contributed by atoms with van der Waals surface area (Å²) in [6, 6.07) is 1.50. The molecule has 1 aromatic carbocycles. The minimum Gasteiger partial charge on any atom is -0.341 e. The Labute approximate surface area is 116 Å². The van der Waals surface area contributed by atoms with E-state index in [-0.39, 0.29) is 5.56 Å². The number of benzene rings is 1. The van der Waals surface area contributed by atoms with Crippen LogP contribution in [0.5, 0.6) is 0 Å². The summed E-state index contributed by atoms with van der Waals surface area (Å²) in [6.07, 6.45) is 5.69. The van der Waals surface area contributed by atoms with Crippen LogP contribution < -0.4 is 0 Å². The van der Waals surface area contributed by atoms with Crippen molar-refractivity contribution in [2.24, 2.45) is 5.92 Å². The summed E-state index contributed by atoms with van der Waals surface area (Å²) >= 11 is 0. The fourth-order valence-corrected chi connectivity index (χ4v) is 2.74. The summed E-state index contributed by atoms with van der Waals surface area (Å²) in [5.41, 5.74) is -0.153. The number of nitrogens with zero attached hydrogens (tertiary/aromatic N) is 1. The van der Waals surface area contributed by atoms with Crippen molar-refractivity contribution in [3.05, 3.63) is 35.1 Å². The van der Waals surface area contributed by atoms with Crippen LogP contribution in [-0.2, 0) is 0 Å². The minimum absolute atomic E-state index is 0.153. The van der Waals surface area contributed by atoms with Gasteiger partial charge in [0.05, 0.1) is 0 Å². The lowest BCUT2D eigenvalue weighted by atomic mass is 9.89. The summed E-state index contributed by atoms with van der Waals surface area (Å²) in [6.45, 7) is 0.569. The second-order valence-corrected chi connectivity index (χ2v) is 5.44. The molecule has 0 N–H and O–H groups in total. The van der Waals surface area contributed by atoms with E-state index in [1.54, 1.807) is 7.05 Å². The minimum atomic E-state index is -1.54. The number of hydrogen-bond donors (Lipinski definition) is 0. The normalized spacial score (nSPS) is 16.2. The molecule has 0 saturated heterocycles. The van der Waals surface area contributed by atoms with Crippen LogP contribution in [0.1, 0.15) is 42.5 Å². The van der Waals surface area contributed by atoms with Crippen molar-refractivity contribution >= 4 is 5.91 Å². The topological polar surface area (TPSA) is 20.3 Å². The van der Waals surface area contributed by atoms with Crippen molar-refractivity contribution in [2.45, 2.75) is 32.1 Å². The van der Waals surface area contributed by atoms with Crippen LogP contribution in [0, 0.1) is 23.4 Å². The van der Waals surface area contributed by atoms with Crippen LogP contribution in [0.3, 0.4) is 0 Å². The highest BCUT2D eigenvalue weighted by Gasteiger charge is 2.21. The van der Waals surface area contributed by atoms with Gasteiger partial charge in [0, 0.05) is 19.2 Å². The van der Waals surface area contributed by atoms with Crippen molar-refractivity contribution in [2.75, 3.05) is 13.6 Å². The van der Waals surface area contributed by atoms with Crippen molar-refractivity contribution in [3.8, 4) is 0 Å². The van der Waals surface area contributed by atoms with Gasteiger partial charge in [0.15, 0.2) is 17.5 Å². The van der Waals surface area contributed by atoms with E-state index in [1.807, 2.05) is 0 Å². The molecule has 0 unspecified atom stereocenters. The van der Waals surface area contributed by atoms with E-state index in [9.17, 15) is 18.0 Å². The second kappa shape index (κ2) is 6.29. The molecule has 0 atom stereocenters. The lowest BCUT2D eigenvalue weighted by Gasteiger charge is -2.27. The molecule has 0 aromatic heterocycles. The number of rotatable bonds is 3. The van der Waals surface area contributed by atoms with Gasteiger partial charge < -0.3 is 4.90 Å². The number of carbonyl (C=O) groups is 1. The molecular formula is C15H18F3NO. The van der Waals surface area contributed by atoms with Gasteiger partial charge in [-0.2, -0.15) is 0 Å². The summed E-state index contributed by atoms with van der Waals surface area (Å²) < 4.78 is 39.1. The van der Waals surface area contributed by atoms with E-state index in [1.165, 1.54) is 11.3 Å². The predicted molar refractivity (Wildman–Crippen MR) is 69.9 cm³/mol. The molecule has 5 heteroatoms. The Morgan fingerprint density at radius 1 is 1.15 bits per heavy atom. The first-order valence-electron chi connectivity index (χ1n) is 6.89. The van der Waals surface area contributed by atoms with E-state index in [2.05, 4.69) is 0 Å². The van der Waals surface area contributed by atoms with Crippen molar-refractivity contribution in [1.82, 2.24) is 4.90 Å². The van der Waals surface area contributed by atoms with Crippen LogP contribution >= 0.6 is 0 Å². The highest BCUT2D eigenvalue weighted by molar-refractivity contribution is 5.94. The third kappa shape index (κ3) is 3.32. The lowest BCUT2D eigenvalue weighted by molar-refractivity contribution is 0.0759. The highest BCUT2D eigenvalue weighted by Crippen LogP contribution is 2.24. The monoisotopic (exact) mass is 285 g/mol. The van der Waals surface area contributed by atoms with Crippen molar-refractivity contribution < 1.29 is 18.0 Å². The van der Waals surface area contributed by atoms with E-state index in [0.717, 1.165) is 37.8 Å². The molecule has 1 saturated carbocycles. The zero-order valence-corrected chi connectivity index (χ0v) is 11.5. The molecule has 0 bridgehead atoms. The maximum Gasteiger partial charge on any atom is 0.253 e. The third-order valence-corrected chi connectivity index (χ3v) is 3.83. The van der Waals surface area contributed by atoms with E-state index in [4.69, 9.17) is 0 Å². The molecule has 1 aromatic rings. The van der Waals surface area contributed by atoms with E-state index < -0.39 is 23.4 Å². The van der Waals surface area contributed by atoms with E-state index >= 15 is 0 Å². The summed E-state index contributed by atoms with van der Waals surface area (Å²) in [7, 11) is 1.61. The Morgan fingerprint density at radius 2 is 1.70 bits per heavy atom. The summed E-state index contributed by atoms with van der Waals surface area (Å²) in [4.78, 5) is 13.6. The largest absolute Gasteiger partial charge is 0.341 e. The Bertz CT molecular complexity index is 475. The first-order valence-corrected chi connectivity index (χ1v) is 6.89. The SMILES string of the molecule is CN(CC1CCCCC1)C(=O)c1cc(F)c(F)c(F)c1. The van der Waals surface area contributed by atoms with Gasteiger partial charge >= 0.3 is 0 Å². The predicted octanol–water partition coefficient (Wildman–Crippen LogP) is 3.76. The first-order chi connectivity index (χ1) is 9.49. The molecule has 110 valence electrons. The van der Waals surface area contributed by atoms with Crippen LogP contribution in [0.4, 0.5) is 13.2 Å². The molecule has 0 spiro atoms. The maximum absolute atomic E-state index is 13.1. The molecule has 20 heavy (non-hydrogen) atoms. The van der Waals surface area contributed by atoms with Gasteiger partial charge in [-0.1, -0.05) is 19.3 Å². The second-order valence-electron chi connectivity index (χ2n) is 5.44. The quantitative estimate of drug-likeness (QED) is 0.774. The van der Waals surface area contributed by atoms with Crippen LogP contribution in [0.2, 0.25) is 0 Å². The number of amides is 1. The maximum atomic E-state index is 13.1. The molecule has 2 rings (SSSR count). The number of hydrogen-bond acceptors (Lipinski definition) is 1. The lowest BCUT2D eigenvalue weighted by Crippen LogP contribution is -2.32. The summed E-state index contributed by atoms with van der Waals surface area (Å²) in [5, 5.41) is 0. The standard InChI is InChI=1S/C15H18F3NO/c1-19(9-10-5-3-2-4-6-10)15(20)11-7-12(16)14(18)13(17)8-11/h7-8,10H,2-6,9H2,1H3. The van der Waals surface area contributed by atoms with Crippen molar-refractivity contribution in [3.63, 3.8) is 0 Å². The van der Waals surface area contributed by atoms with Gasteiger partial charge in [-0.05, 0) is 30.9 Å². The molecule has 1 amide bonds. The Balaban J connectivity index is 2.06. The molecule has 0 aliphatic heterocycles. The zero-order valence-electron chi connectivity index (χ0n) is 11.5. The van der Waals surface area contributed by atoms with Gasteiger partial charge in [0.2, 0.25) is 0 Å². The average Bonchev–Trinajstić information content (AvgIpc) is 2.44. The number of carbonyl (C=O) groups excluding carboxylic acids is 1. The van der Waals surface area contributed by atoms with Crippen LogP contribution in [0.15, 0.2) is 12.1 Å². The van der Waals surface area contributed by atoms with E-state index in [0.29, 0.717) is 12.5 Å². The fourth-order valence-electron chi connectivity index (χ4n) is 2.74. The van der Waals surface area contributed by atoms with Gasteiger partial charge in [0.1, 0.15) is 0 Å². The highest BCUT2D eigenvalue weighted by atomic mass is 19.2. The van der Waals surface area contributed by atoms with Gasteiger partial charge in [-0.15, -0.1) is 0 Å². The Hall–Kier alpha value is -1.52. The molecule has 1 aliphatic rings. The molecule has 0 radical (unpaired) electrons. The Kier molecular flexibility index (Phi) is 4.68. The molecule has 2 nitrogen and oxygen atoms in total. The van der Waals surface area contributed by atoms with Crippen LogP contribution in [-0.4, -0.2) is 24.4 Å². The van der Waals surface area contributed by atoms with Gasteiger partial charge in [-0.25, -0.2) is 13.2 Å². The third-order valence-electron chi connectivity index (χ3n) is 3.83. The first kappa shape index (κ1) is 14.9. The molecule has 1 fully saturated rings. The fraction of sp³-hybridized carbons (Fsp3) is 0.533. The number of halogens is 3. The summed E-state index contributed by atoms with van der Waals surface area (Å²) in [5.74, 6) is -4.25. The molecular weight excluding hydrogens is 267 g/mol. The smallest absolute Gasteiger partial charge is 0.253 e. The van der Waals surface area contributed by atoms with Crippen molar-refractivity contribution in [1.29, 1.82) is 0 Å². The van der Waals surface area contributed by atoms with Crippen LogP contribution in [0.25, 0.3) is 0 Å². The molecule has 1 aliphatic carbocycles. The molecule has 0 heterocycles. The van der Waals surface area contributed by atoms with Gasteiger partial charge in [-0.3, -0.25) is 4.79 Å². The Morgan fingerprint density at radius 3 is 2.25 bits per heavy atom. The van der Waals surface area contributed by atoms with Gasteiger partial charge in [0.25, 0.3) is 5.91 Å². The average molecular weight is 285 g/mol.